The highest BCUT2D eigenvalue weighted by Gasteiger charge is 2.08. The molecule has 1 aromatic heterocycles. The van der Waals surface area contributed by atoms with E-state index in [2.05, 4.69) is 20.6 Å². The third kappa shape index (κ3) is 4.77. The molecule has 132 valence electrons. The number of nitrogens with one attached hydrogen (secondary N) is 2. The molecule has 5 nitrogen and oxygen atoms in total. The third-order valence-electron chi connectivity index (χ3n) is 3.68. The predicted molar refractivity (Wildman–Crippen MR) is 98.4 cm³/mol. The zero-order valence-electron chi connectivity index (χ0n) is 13.7. The summed E-state index contributed by atoms with van der Waals surface area (Å²) in [5.41, 5.74) is 1.79. The quantitative estimate of drug-likeness (QED) is 0.692. The smallest absolute Gasteiger partial charge is 0.254 e. The summed E-state index contributed by atoms with van der Waals surface area (Å²) in [5, 5.41) is 6.36. The Labute approximate surface area is 155 Å². The van der Waals surface area contributed by atoms with E-state index in [4.69, 9.17) is 11.6 Å². The van der Waals surface area contributed by atoms with Gasteiger partial charge in [-0.05, 0) is 23.8 Å². The second-order valence-corrected chi connectivity index (χ2v) is 5.99. The molecule has 0 unspecified atom stereocenters. The Morgan fingerprint density at radius 1 is 1.00 bits per heavy atom. The summed E-state index contributed by atoms with van der Waals surface area (Å²) in [6, 6.07) is 13.7. The molecule has 26 heavy (non-hydrogen) atoms. The molecule has 1 amide bonds. The molecule has 0 saturated carbocycles. The van der Waals surface area contributed by atoms with Crippen LogP contribution in [0.4, 0.5) is 10.3 Å². The van der Waals surface area contributed by atoms with E-state index in [0.29, 0.717) is 28.6 Å². The Bertz CT molecular complexity index is 885. The number of amides is 1. The van der Waals surface area contributed by atoms with Gasteiger partial charge in [0.15, 0.2) is 0 Å². The number of carbonyl (C=O) groups is 1. The Morgan fingerprint density at radius 3 is 2.38 bits per heavy atom. The minimum Gasteiger partial charge on any atom is -0.350 e. The van der Waals surface area contributed by atoms with Crippen molar-refractivity contribution in [2.45, 2.75) is 13.1 Å². The van der Waals surface area contributed by atoms with Crippen LogP contribution in [-0.2, 0) is 13.1 Å². The average Bonchev–Trinajstić information content (AvgIpc) is 2.67. The molecule has 0 radical (unpaired) electrons. The van der Waals surface area contributed by atoms with Gasteiger partial charge in [-0.1, -0.05) is 41.9 Å². The molecule has 0 aliphatic rings. The summed E-state index contributed by atoms with van der Waals surface area (Å²) in [7, 11) is 0. The van der Waals surface area contributed by atoms with Gasteiger partial charge in [-0.3, -0.25) is 4.79 Å². The third-order valence-corrected chi connectivity index (χ3v) is 3.93. The second kappa shape index (κ2) is 8.40. The van der Waals surface area contributed by atoms with E-state index < -0.39 is 0 Å². The van der Waals surface area contributed by atoms with E-state index in [1.165, 1.54) is 18.5 Å². The first-order chi connectivity index (χ1) is 12.6. The van der Waals surface area contributed by atoms with Gasteiger partial charge in [0.2, 0.25) is 5.95 Å². The molecule has 3 aromatic rings. The monoisotopic (exact) mass is 370 g/mol. The van der Waals surface area contributed by atoms with Crippen molar-refractivity contribution < 1.29 is 9.18 Å². The zero-order valence-corrected chi connectivity index (χ0v) is 14.5. The van der Waals surface area contributed by atoms with Gasteiger partial charge in [0, 0.05) is 36.1 Å². The first kappa shape index (κ1) is 17.8. The lowest BCUT2D eigenvalue weighted by molar-refractivity contribution is 0.0950. The van der Waals surface area contributed by atoms with E-state index in [0.717, 1.165) is 5.56 Å². The Kier molecular flexibility index (Phi) is 5.76. The highest BCUT2D eigenvalue weighted by atomic mass is 35.5. The molecular formula is C19H16ClFN4O. The van der Waals surface area contributed by atoms with Crippen LogP contribution in [0.3, 0.4) is 0 Å². The normalized spacial score (nSPS) is 10.4. The van der Waals surface area contributed by atoms with E-state index in [1.807, 2.05) is 12.1 Å². The van der Waals surface area contributed by atoms with Crippen molar-refractivity contribution in [1.29, 1.82) is 0 Å². The number of nitrogens with zero attached hydrogens (tertiary/aromatic N) is 2. The number of rotatable bonds is 6. The summed E-state index contributed by atoms with van der Waals surface area (Å²) in [4.78, 5) is 20.3. The molecule has 2 N–H and O–H groups in total. The van der Waals surface area contributed by atoms with Crippen LogP contribution in [0, 0.1) is 5.82 Å². The predicted octanol–water partition coefficient (Wildman–Crippen LogP) is 3.81. The van der Waals surface area contributed by atoms with E-state index in [1.54, 1.807) is 30.3 Å². The maximum absolute atomic E-state index is 13.6. The molecule has 2 aromatic carbocycles. The first-order valence-electron chi connectivity index (χ1n) is 7.94. The van der Waals surface area contributed by atoms with Gasteiger partial charge in [-0.15, -0.1) is 0 Å². The zero-order chi connectivity index (χ0) is 18.4. The number of benzene rings is 2. The Hall–Kier alpha value is -2.99. The van der Waals surface area contributed by atoms with Crippen LogP contribution in [0.25, 0.3) is 0 Å². The molecule has 0 aliphatic carbocycles. The van der Waals surface area contributed by atoms with Gasteiger partial charge >= 0.3 is 0 Å². The average molecular weight is 371 g/mol. The Balaban J connectivity index is 1.54. The van der Waals surface area contributed by atoms with E-state index >= 15 is 0 Å². The van der Waals surface area contributed by atoms with Gasteiger partial charge in [0.25, 0.3) is 5.91 Å². The largest absolute Gasteiger partial charge is 0.350 e. The minimum atomic E-state index is -0.293. The summed E-state index contributed by atoms with van der Waals surface area (Å²) in [6.07, 6.45) is 2.85. The van der Waals surface area contributed by atoms with Gasteiger partial charge < -0.3 is 10.6 Å². The molecule has 0 saturated heterocycles. The van der Waals surface area contributed by atoms with Crippen LogP contribution >= 0.6 is 11.6 Å². The molecule has 0 bridgehead atoms. The SMILES string of the molecule is O=C(NCc1ccc(Cl)cc1)c1cnc(NCc2ccccc2F)nc1. The van der Waals surface area contributed by atoms with Gasteiger partial charge in [-0.25, -0.2) is 14.4 Å². The fourth-order valence-corrected chi connectivity index (χ4v) is 2.37. The molecule has 0 aliphatic heterocycles. The van der Waals surface area contributed by atoms with Crippen molar-refractivity contribution >= 4 is 23.5 Å². The Morgan fingerprint density at radius 2 is 1.69 bits per heavy atom. The fraction of sp³-hybridized carbons (Fsp3) is 0.105. The van der Waals surface area contributed by atoms with E-state index in [-0.39, 0.29) is 18.3 Å². The number of anilines is 1. The molecule has 0 atom stereocenters. The fourth-order valence-electron chi connectivity index (χ4n) is 2.24. The lowest BCUT2D eigenvalue weighted by Crippen LogP contribution is -2.23. The lowest BCUT2D eigenvalue weighted by Gasteiger charge is -2.07. The van der Waals surface area contributed by atoms with Gasteiger partial charge in [-0.2, -0.15) is 0 Å². The van der Waals surface area contributed by atoms with Gasteiger partial charge in [0.05, 0.1) is 5.56 Å². The first-order valence-corrected chi connectivity index (χ1v) is 8.31. The minimum absolute atomic E-state index is 0.259. The number of aromatic nitrogens is 2. The number of halogens is 2. The highest BCUT2D eigenvalue weighted by Crippen LogP contribution is 2.10. The number of hydrogen-bond acceptors (Lipinski definition) is 4. The molecule has 3 rings (SSSR count). The van der Waals surface area contributed by atoms with Gasteiger partial charge in [0.1, 0.15) is 5.82 Å². The van der Waals surface area contributed by atoms with Crippen LogP contribution < -0.4 is 10.6 Å². The van der Waals surface area contributed by atoms with Crippen LogP contribution in [0.5, 0.6) is 0 Å². The standard InChI is InChI=1S/C19H16ClFN4O/c20-16-7-5-13(6-8-16)9-22-18(26)15-11-24-19(25-12-15)23-10-14-3-1-2-4-17(14)21/h1-8,11-12H,9-10H2,(H,22,26)(H,23,24,25). The van der Waals surface area contributed by atoms with Crippen molar-refractivity contribution in [3.63, 3.8) is 0 Å². The van der Waals surface area contributed by atoms with Crippen molar-refractivity contribution in [3.8, 4) is 0 Å². The molecule has 0 fully saturated rings. The molecule has 1 heterocycles. The van der Waals surface area contributed by atoms with Crippen molar-refractivity contribution in [1.82, 2.24) is 15.3 Å². The maximum atomic E-state index is 13.6. The maximum Gasteiger partial charge on any atom is 0.254 e. The topological polar surface area (TPSA) is 66.9 Å². The van der Waals surface area contributed by atoms with Crippen LogP contribution in [0.2, 0.25) is 5.02 Å². The molecule has 0 spiro atoms. The van der Waals surface area contributed by atoms with Crippen molar-refractivity contribution in [3.05, 3.63) is 88.5 Å². The summed E-state index contributed by atoms with van der Waals surface area (Å²) in [6.45, 7) is 0.637. The van der Waals surface area contributed by atoms with E-state index in [9.17, 15) is 9.18 Å². The molecule has 7 heteroatoms. The lowest BCUT2D eigenvalue weighted by atomic mass is 10.2. The number of hydrogen-bond donors (Lipinski definition) is 2. The number of carbonyl (C=O) groups excluding carboxylic acids is 1. The van der Waals surface area contributed by atoms with Crippen molar-refractivity contribution in [2.75, 3.05) is 5.32 Å². The van der Waals surface area contributed by atoms with Crippen LogP contribution in [0.15, 0.2) is 60.9 Å². The summed E-state index contributed by atoms with van der Waals surface area (Å²) in [5.74, 6) is -0.249. The summed E-state index contributed by atoms with van der Waals surface area (Å²) < 4.78 is 13.6. The molecular weight excluding hydrogens is 355 g/mol. The van der Waals surface area contributed by atoms with Crippen molar-refractivity contribution in [2.24, 2.45) is 0 Å². The van der Waals surface area contributed by atoms with Crippen LogP contribution in [-0.4, -0.2) is 15.9 Å². The van der Waals surface area contributed by atoms with Crippen LogP contribution in [0.1, 0.15) is 21.5 Å². The summed E-state index contributed by atoms with van der Waals surface area (Å²) >= 11 is 5.83. The second-order valence-electron chi connectivity index (χ2n) is 5.55. The highest BCUT2D eigenvalue weighted by molar-refractivity contribution is 6.30.